The van der Waals surface area contributed by atoms with E-state index in [1.807, 2.05) is 54.6 Å². The highest BCUT2D eigenvalue weighted by Crippen LogP contribution is 2.24. The van der Waals surface area contributed by atoms with Crippen molar-refractivity contribution < 1.29 is 23.9 Å². The molecule has 1 fully saturated rings. The number of Topliss-reactive ketones (excluding diaryl/α,β-unsaturated/α-hetero) is 1. The summed E-state index contributed by atoms with van der Waals surface area (Å²) in [7, 11) is 0. The smallest absolute Gasteiger partial charge is 0.407 e. The number of piperidine rings is 1. The monoisotopic (exact) mass is 550 g/mol. The lowest BCUT2D eigenvalue weighted by Crippen LogP contribution is -2.49. The molecule has 0 aliphatic carbocycles. The zero-order valence-electron chi connectivity index (χ0n) is 22.1. The van der Waals surface area contributed by atoms with E-state index in [2.05, 4.69) is 15.6 Å². The number of alkyl carbamates (subject to hydrolysis) is 1. The Morgan fingerprint density at radius 1 is 1.08 bits per heavy atom. The van der Waals surface area contributed by atoms with Crippen molar-refractivity contribution in [1.29, 1.82) is 0 Å². The highest BCUT2D eigenvalue weighted by atomic mass is 32.1. The molecule has 2 atom stereocenters. The number of carbonyl (C=O) groups is 4. The number of unbranched alkanes of at least 4 members (excludes halogenated alkanes) is 1. The largest absolute Gasteiger partial charge is 0.445 e. The highest BCUT2D eigenvalue weighted by Gasteiger charge is 2.31. The van der Waals surface area contributed by atoms with Crippen molar-refractivity contribution in [2.45, 2.75) is 51.7 Å². The molecule has 1 aromatic heterocycles. The van der Waals surface area contributed by atoms with Gasteiger partial charge < -0.3 is 20.3 Å². The van der Waals surface area contributed by atoms with Gasteiger partial charge in [0.1, 0.15) is 6.61 Å². The fraction of sp³-hybridized carbons (Fsp3) is 0.414. The quantitative estimate of drug-likeness (QED) is 0.271. The van der Waals surface area contributed by atoms with E-state index >= 15 is 0 Å². The van der Waals surface area contributed by atoms with Crippen molar-refractivity contribution in [3.63, 3.8) is 0 Å². The average Bonchev–Trinajstić information content (AvgIpc) is 3.40. The number of benzene rings is 2. The highest BCUT2D eigenvalue weighted by molar-refractivity contribution is 7.20. The summed E-state index contributed by atoms with van der Waals surface area (Å²) in [5.41, 5.74) is 1.66. The van der Waals surface area contributed by atoms with Crippen molar-refractivity contribution >= 4 is 45.2 Å². The Hall–Kier alpha value is -3.79. The zero-order chi connectivity index (χ0) is 27.6. The minimum absolute atomic E-state index is 0.0515. The number of nitrogens with zero attached hydrogens (tertiary/aromatic N) is 2. The van der Waals surface area contributed by atoms with Crippen LogP contribution in [0.2, 0.25) is 0 Å². The van der Waals surface area contributed by atoms with E-state index in [-0.39, 0.29) is 30.1 Å². The van der Waals surface area contributed by atoms with Gasteiger partial charge in [0.15, 0.2) is 5.01 Å². The van der Waals surface area contributed by atoms with Crippen LogP contribution in [0, 0.1) is 5.92 Å². The van der Waals surface area contributed by atoms with Gasteiger partial charge in [-0.2, -0.15) is 0 Å². The van der Waals surface area contributed by atoms with Gasteiger partial charge in [0.25, 0.3) is 0 Å². The molecule has 1 saturated heterocycles. The summed E-state index contributed by atoms with van der Waals surface area (Å²) in [6, 6.07) is 16.2. The maximum atomic E-state index is 13.5. The number of nitrogens with one attached hydrogen (secondary N) is 2. The average molecular weight is 551 g/mol. The molecule has 0 spiro atoms. The lowest BCUT2D eigenvalue weighted by atomic mass is 9.96. The van der Waals surface area contributed by atoms with Gasteiger partial charge >= 0.3 is 6.09 Å². The Morgan fingerprint density at radius 3 is 2.62 bits per heavy atom. The first-order chi connectivity index (χ1) is 18.9. The normalized spacial score (nSPS) is 15.9. The van der Waals surface area contributed by atoms with E-state index in [4.69, 9.17) is 4.74 Å². The number of likely N-dealkylation sites (tertiary alicyclic amines) is 1. The van der Waals surface area contributed by atoms with Crippen LogP contribution in [0.25, 0.3) is 10.2 Å². The standard InChI is InChI=1S/C29H34N4O5S/c1-20(34)33-17-9-12-22(18-33)27(36)31-24(26(35)28-32-23-13-5-6-15-25(23)39-28)14-7-8-16-30-29(37)38-19-21-10-3-2-4-11-21/h2-6,10-11,13,15,22,24H,7-9,12,14,16-19H2,1H3,(H,30,37)(H,31,36)/t22-,24+/m1/s1. The first kappa shape index (κ1) is 28.2. The molecule has 3 aromatic rings. The van der Waals surface area contributed by atoms with Gasteiger partial charge in [-0.25, -0.2) is 9.78 Å². The third-order valence-corrected chi connectivity index (χ3v) is 7.83. The second-order valence-electron chi connectivity index (χ2n) is 9.70. The van der Waals surface area contributed by atoms with Crippen LogP contribution in [0.5, 0.6) is 0 Å². The van der Waals surface area contributed by atoms with Crippen molar-refractivity contribution in [3.8, 4) is 0 Å². The Bertz CT molecular complexity index is 1260. The second kappa shape index (κ2) is 13.8. The Kier molecular flexibility index (Phi) is 10.0. The summed E-state index contributed by atoms with van der Waals surface area (Å²) in [4.78, 5) is 56.6. The lowest BCUT2D eigenvalue weighted by Gasteiger charge is -2.32. The molecule has 1 aliphatic heterocycles. The molecule has 0 bridgehead atoms. The second-order valence-corrected chi connectivity index (χ2v) is 10.7. The van der Waals surface area contributed by atoms with Crippen molar-refractivity contribution in [2.75, 3.05) is 19.6 Å². The van der Waals surface area contributed by atoms with Crippen LogP contribution in [-0.2, 0) is 20.9 Å². The summed E-state index contributed by atoms with van der Waals surface area (Å²) in [5, 5.41) is 6.05. The number of thiazole rings is 1. The van der Waals surface area contributed by atoms with Crippen molar-refractivity contribution in [1.82, 2.24) is 20.5 Å². The molecular weight excluding hydrogens is 516 g/mol. The van der Waals surface area contributed by atoms with Crippen LogP contribution in [0.15, 0.2) is 54.6 Å². The maximum absolute atomic E-state index is 13.5. The SMILES string of the molecule is CC(=O)N1CCC[C@@H](C(=O)N[C@@H](CCCCNC(=O)OCc2ccccc2)C(=O)c2nc3ccccc3s2)C1. The van der Waals surface area contributed by atoms with Crippen LogP contribution >= 0.6 is 11.3 Å². The Morgan fingerprint density at radius 2 is 1.85 bits per heavy atom. The minimum atomic E-state index is -0.740. The Balaban J connectivity index is 1.32. The molecular formula is C29H34N4O5S. The first-order valence-electron chi connectivity index (χ1n) is 13.3. The van der Waals surface area contributed by atoms with Gasteiger partial charge in [-0.05, 0) is 49.8 Å². The number of aromatic nitrogens is 1. The number of hydrogen-bond acceptors (Lipinski definition) is 7. The molecule has 9 nitrogen and oxygen atoms in total. The number of para-hydroxylation sites is 1. The number of fused-ring (bicyclic) bond motifs is 1. The molecule has 1 aliphatic rings. The van der Waals surface area contributed by atoms with Crippen LogP contribution in [-0.4, -0.2) is 59.3 Å². The van der Waals surface area contributed by atoms with Gasteiger partial charge in [0.2, 0.25) is 17.6 Å². The van der Waals surface area contributed by atoms with Gasteiger partial charge in [0, 0.05) is 26.6 Å². The van der Waals surface area contributed by atoms with E-state index in [1.165, 1.54) is 18.3 Å². The molecule has 3 amide bonds. The molecule has 2 heterocycles. The van der Waals surface area contributed by atoms with Crippen LogP contribution in [0.3, 0.4) is 0 Å². The number of rotatable bonds is 11. The van der Waals surface area contributed by atoms with Gasteiger partial charge in [-0.1, -0.05) is 42.5 Å². The summed E-state index contributed by atoms with van der Waals surface area (Å²) >= 11 is 1.31. The summed E-state index contributed by atoms with van der Waals surface area (Å²) in [6.45, 7) is 3.09. The number of hydrogen-bond donors (Lipinski definition) is 2. The Labute approximate surface area is 231 Å². The van der Waals surface area contributed by atoms with Crippen LogP contribution in [0.1, 0.15) is 54.4 Å². The molecule has 0 unspecified atom stereocenters. The van der Waals surface area contributed by atoms with E-state index in [9.17, 15) is 19.2 Å². The number of ether oxygens (including phenoxy) is 1. The molecule has 39 heavy (non-hydrogen) atoms. The minimum Gasteiger partial charge on any atom is -0.445 e. The van der Waals surface area contributed by atoms with Crippen molar-refractivity contribution in [3.05, 3.63) is 65.2 Å². The predicted octanol–water partition coefficient (Wildman–Crippen LogP) is 4.32. The van der Waals surface area contributed by atoms with Crippen LogP contribution in [0.4, 0.5) is 4.79 Å². The molecule has 10 heteroatoms. The van der Waals surface area contributed by atoms with Crippen LogP contribution < -0.4 is 10.6 Å². The van der Waals surface area contributed by atoms with E-state index in [0.29, 0.717) is 50.3 Å². The summed E-state index contributed by atoms with van der Waals surface area (Å²) in [5.74, 6) is -0.846. The molecule has 0 saturated carbocycles. The lowest BCUT2D eigenvalue weighted by molar-refractivity contribution is -0.134. The fourth-order valence-corrected chi connectivity index (χ4v) is 5.56. The van der Waals surface area contributed by atoms with E-state index < -0.39 is 12.1 Å². The van der Waals surface area contributed by atoms with Gasteiger partial charge in [-0.3, -0.25) is 14.4 Å². The van der Waals surface area contributed by atoms with E-state index in [0.717, 1.165) is 22.2 Å². The number of amides is 3. The third kappa shape index (κ3) is 8.10. The van der Waals surface area contributed by atoms with Gasteiger partial charge in [-0.15, -0.1) is 11.3 Å². The predicted molar refractivity (Wildman–Crippen MR) is 149 cm³/mol. The van der Waals surface area contributed by atoms with Crippen molar-refractivity contribution in [2.24, 2.45) is 5.92 Å². The number of ketones is 1. The molecule has 2 aromatic carbocycles. The van der Waals surface area contributed by atoms with E-state index in [1.54, 1.807) is 4.90 Å². The fourth-order valence-electron chi connectivity index (χ4n) is 4.60. The topological polar surface area (TPSA) is 118 Å². The molecule has 206 valence electrons. The number of carbonyl (C=O) groups excluding carboxylic acids is 4. The first-order valence-corrected chi connectivity index (χ1v) is 14.1. The summed E-state index contributed by atoms with van der Waals surface area (Å²) in [6.07, 6.45) is 2.55. The molecule has 2 N–H and O–H groups in total. The maximum Gasteiger partial charge on any atom is 0.407 e. The third-order valence-electron chi connectivity index (χ3n) is 6.78. The molecule has 0 radical (unpaired) electrons. The molecule has 4 rings (SSSR count). The summed E-state index contributed by atoms with van der Waals surface area (Å²) < 4.78 is 6.14. The van der Waals surface area contributed by atoms with Gasteiger partial charge in [0.05, 0.1) is 22.2 Å². The zero-order valence-corrected chi connectivity index (χ0v) is 22.9.